The molecule has 2 aliphatic rings. The zero-order chi connectivity index (χ0) is 14.9. The number of guanidine groups is 1. The summed E-state index contributed by atoms with van der Waals surface area (Å²) in [6.45, 7) is 1.87. The lowest BCUT2D eigenvalue weighted by atomic mass is 10.2. The number of rotatable bonds is 5. The average molecular weight is 303 g/mol. The molecule has 20 heavy (non-hydrogen) atoms. The third-order valence-corrected chi connectivity index (χ3v) is 3.05. The van der Waals surface area contributed by atoms with Gasteiger partial charge in [-0.2, -0.15) is 9.98 Å². The summed E-state index contributed by atoms with van der Waals surface area (Å²) in [7, 11) is -4.21. The van der Waals surface area contributed by atoms with Gasteiger partial charge in [-0.25, -0.2) is 0 Å². The molecule has 11 heteroatoms. The van der Waals surface area contributed by atoms with Crippen molar-refractivity contribution >= 4 is 31.6 Å². The molecule has 110 valence electrons. The summed E-state index contributed by atoms with van der Waals surface area (Å²) in [6, 6.07) is -0.795. The van der Waals surface area contributed by atoms with E-state index in [1.54, 1.807) is 11.8 Å². The smallest absolute Gasteiger partial charge is 0.350 e. The van der Waals surface area contributed by atoms with Crippen LogP contribution in [0.1, 0.15) is 6.92 Å². The van der Waals surface area contributed by atoms with Gasteiger partial charge >= 0.3 is 7.60 Å². The lowest BCUT2D eigenvalue weighted by Gasteiger charge is -2.23. The number of hydrogen-bond acceptors (Lipinski definition) is 7. The first kappa shape index (κ1) is 14.8. The van der Waals surface area contributed by atoms with Crippen LogP contribution in [0, 0.1) is 0 Å². The van der Waals surface area contributed by atoms with Crippen LogP contribution in [-0.2, 0) is 14.1 Å². The largest absolute Gasteiger partial charge is 0.368 e. The minimum Gasteiger partial charge on any atom is -0.368 e. The third kappa shape index (κ3) is 3.48. The van der Waals surface area contributed by atoms with E-state index in [4.69, 9.17) is 20.3 Å². The van der Waals surface area contributed by atoms with Crippen LogP contribution in [0.2, 0.25) is 0 Å². The molecule has 2 aliphatic heterocycles. The highest BCUT2D eigenvalue weighted by molar-refractivity contribution is 7.51. The predicted octanol–water partition coefficient (Wildman–Crippen LogP) is -1.51. The van der Waals surface area contributed by atoms with Crippen molar-refractivity contribution in [1.82, 2.24) is 4.90 Å². The van der Waals surface area contributed by atoms with Crippen molar-refractivity contribution < 1.29 is 23.9 Å². The first-order chi connectivity index (χ1) is 9.26. The summed E-state index contributed by atoms with van der Waals surface area (Å²) in [5.74, 6) is -0.287. The van der Waals surface area contributed by atoms with E-state index in [0.717, 1.165) is 0 Å². The van der Waals surface area contributed by atoms with Crippen molar-refractivity contribution in [3.8, 4) is 0 Å². The Morgan fingerprint density at radius 3 is 2.90 bits per heavy atom. The van der Waals surface area contributed by atoms with E-state index in [-0.39, 0.29) is 12.5 Å². The average Bonchev–Trinajstić information content (AvgIpc) is 2.69. The van der Waals surface area contributed by atoms with Crippen LogP contribution in [0.4, 0.5) is 0 Å². The van der Waals surface area contributed by atoms with Gasteiger partial charge in [-0.15, -0.1) is 0 Å². The lowest BCUT2D eigenvalue weighted by Crippen LogP contribution is -2.42. The van der Waals surface area contributed by atoms with Crippen molar-refractivity contribution in [2.75, 3.05) is 12.9 Å². The Kier molecular flexibility index (Phi) is 4.00. The first-order valence-corrected chi connectivity index (χ1v) is 7.49. The predicted molar refractivity (Wildman–Crippen MR) is 70.5 cm³/mol. The number of carbonyl (C=O) groups is 1. The highest BCUT2D eigenvalue weighted by Crippen LogP contribution is 2.34. The lowest BCUT2D eigenvalue weighted by molar-refractivity contribution is -0.117. The summed E-state index contributed by atoms with van der Waals surface area (Å²) in [6.07, 6.45) is 0.246. The minimum atomic E-state index is -4.21. The molecule has 1 amide bonds. The van der Waals surface area contributed by atoms with E-state index < -0.39 is 32.0 Å². The molecular formula is C9H14N5O5P. The maximum atomic E-state index is 11.6. The number of fused-ring (bicyclic) bond motifs is 1. The second-order valence-corrected chi connectivity index (χ2v) is 5.96. The van der Waals surface area contributed by atoms with Gasteiger partial charge in [0, 0.05) is 0 Å². The molecule has 2 heterocycles. The number of aliphatic imine (C=N–C) groups is 3. The summed E-state index contributed by atoms with van der Waals surface area (Å²) >= 11 is 0. The van der Waals surface area contributed by atoms with Gasteiger partial charge in [0.25, 0.3) is 5.91 Å². The van der Waals surface area contributed by atoms with Crippen molar-refractivity contribution in [3.63, 3.8) is 0 Å². The second kappa shape index (κ2) is 5.41. The Bertz CT molecular complexity index is 553. The van der Waals surface area contributed by atoms with Gasteiger partial charge in [0.15, 0.2) is 6.04 Å². The SMILES string of the molecule is CC(CN1C=NC2C(=O)N=C(N)N=C21)OCP(=O)(O)O. The number of carbonyl (C=O) groups excluding carboxylic acids is 1. The number of nitrogens with two attached hydrogens (primary N) is 1. The summed E-state index contributed by atoms with van der Waals surface area (Å²) in [4.78, 5) is 42.0. The first-order valence-electron chi connectivity index (χ1n) is 5.69. The fourth-order valence-corrected chi connectivity index (χ4v) is 2.19. The third-order valence-electron chi connectivity index (χ3n) is 2.56. The van der Waals surface area contributed by atoms with Gasteiger partial charge in [0.05, 0.1) is 19.0 Å². The van der Waals surface area contributed by atoms with Gasteiger partial charge in [-0.1, -0.05) is 0 Å². The van der Waals surface area contributed by atoms with E-state index in [1.807, 2.05) is 0 Å². The van der Waals surface area contributed by atoms with Gasteiger partial charge in [0.1, 0.15) is 12.2 Å². The molecule has 2 unspecified atom stereocenters. The topological polar surface area (TPSA) is 150 Å². The fourth-order valence-electron chi connectivity index (χ4n) is 1.74. The quantitative estimate of drug-likeness (QED) is 0.522. The molecular weight excluding hydrogens is 289 g/mol. The zero-order valence-corrected chi connectivity index (χ0v) is 11.5. The standard InChI is InChI=1S/C9H14N5O5P/c1-5(19-4-20(16,17)18)2-14-3-11-6-7(14)12-9(10)13-8(6)15/h3,5-6H,2,4H2,1H3,(H2,10,13,15)(H2,16,17,18). The second-order valence-electron chi connectivity index (χ2n) is 4.37. The van der Waals surface area contributed by atoms with Crippen LogP contribution >= 0.6 is 7.60 Å². The molecule has 0 fully saturated rings. The molecule has 4 N–H and O–H groups in total. The Hall–Kier alpha value is -1.61. The van der Waals surface area contributed by atoms with Gasteiger partial charge < -0.3 is 25.2 Å². The van der Waals surface area contributed by atoms with Gasteiger partial charge in [-0.3, -0.25) is 14.4 Å². The molecule has 0 aromatic heterocycles. The van der Waals surface area contributed by atoms with Crippen LogP contribution in [0.3, 0.4) is 0 Å². The highest BCUT2D eigenvalue weighted by Gasteiger charge is 2.35. The molecule has 0 aromatic carbocycles. The minimum absolute atomic E-state index is 0.138. The maximum absolute atomic E-state index is 11.6. The number of nitrogens with zero attached hydrogens (tertiary/aromatic N) is 4. The molecule has 0 spiro atoms. The van der Waals surface area contributed by atoms with Crippen LogP contribution in [0.5, 0.6) is 0 Å². The molecule has 0 saturated heterocycles. The molecule has 0 bridgehead atoms. The highest BCUT2D eigenvalue weighted by atomic mass is 31.2. The Balaban J connectivity index is 1.98. The molecule has 0 saturated carbocycles. The van der Waals surface area contributed by atoms with Crippen LogP contribution < -0.4 is 5.73 Å². The monoisotopic (exact) mass is 303 g/mol. The van der Waals surface area contributed by atoms with E-state index in [2.05, 4.69) is 15.0 Å². The summed E-state index contributed by atoms with van der Waals surface area (Å²) in [5, 5.41) is 0. The van der Waals surface area contributed by atoms with Gasteiger partial charge in [0.2, 0.25) is 5.96 Å². The number of ether oxygens (including phenoxy) is 1. The van der Waals surface area contributed by atoms with Crippen molar-refractivity contribution in [2.24, 2.45) is 20.7 Å². The van der Waals surface area contributed by atoms with E-state index in [1.165, 1.54) is 6.34 Å². The van der Waals surface area contributed by atoms with Crippen molar-refractivity contribution in [1.29, 1.82) is 0 Å². The Morgan fingerprint density at radius 1 is 1.55 bits per heavy atom. The van der Waals surface area contributed by atoms with E-state index in [9.17, 15) is 9.36 Å². The molecule has 0 aromatic rings. The molecule has 2 atom stereocenters. The maximum Gasteiger partial charge on any atom is 0.350 e. The normalized spacial score (nSPS) is 23.4. The molecule has 10 nitrogen and oxygen atoms in total. The fraction of sp³-hybridized carbons (Fsp3) is 0.556. The van der Waals surface area contributed by atoms with E-state index in [0.29, 0.717) is 5.84 Å². The van der Waals surface area contributed by atoms with Crippen molar-refractivity contribution in [2.45, 2.75) is 19.1 Å². The van der Waals surface area contributed by atoms with Crippen LogP contribution in [-0.4, -0.2) is 63.8 Å². The van der Waals surface area contributed by atoms with E-state index >= 15 is 0 Å². The summed E-state index contributed by atoms with van der Waals surface area (Å²) in [5.41, 5.74) is 5.42. The number of amidine groups is 1. The Labute approximate surface area is 114 Å². The Morgan fingerprint density at radius 2 is 2.25 bits per heavy atom. The number of amides is 1. The van der Waals surface area contributed by atoms with Crippen LogP contribution in [0.25, 0.3) is 0 Å². The summed E-state index contributed by atoms with van der Waals surface area (Å²) < 4.78 is 15.7. The molecule has 0 aliphatic carbocycles. The number of hydrogen-bond donors (Lipinski definition) is 3. The van der Waals surface area contributed by atoms with Crippen LogP contribution in [0.15, 0.2) is 15.0 Å². The molecule has 0 radical (unpaired) electrons. The van der Waals surface area contributed by atoms with Crippen molar-refractivity contribution in [3.05, 3.63) is 0 Å². The zero-order valence-electron chi connectivity index (χ0n) is 10.6. The molecule has 2 rings (SSSR count). The van der Waals surface area contributed by atoms with Gasteiger partial charge in [-0.05, 0) is 6.92 Å².